The Hall–Kier alpha value is -1.96. The molecule has 2 nitrogen and oxygen atoms in total. The smallest absolute Gasteiger partial charge is 0.127 e. The number of hydrogen-bond acceptors (Lipinski definition) is 2. The summed E-state index contributed by atoms with van der Waals surface area (Å²) in [5.41, 5.74) is 2.90. The topological polar surface area (TPSA) is 40.5 Å². The van der Waals surface area contributed by atoms with Gasteiger partial charge in [0.25, 0.3) is 0 Å². The van der Waals surface area contributed by atoms with Crippen molar-refractivity contribution in [3.05, 3.63) is 47.0 Å². The Balaban J connectivity index is 2.35. The van der Waals surface area contributed by atoms with Gasteiger partial charge in [0.2, 0.25) is 0 Å². The number of benzene rings is 2. The van der Waals surface area contributed by atoms with Gasteiger partial charge >= 0.3 is 0 Å². The first-order chi connectivity index (χ1) is 9.39. The SMILES string of the molecule is CC(C)(C)c1ccc2c(O)c3c(c(O)c2c1)CC=CC3. The number of phenols is 2. The molecule has 104 valence electrons. The summed E-state index contributed by atoms with van der Waals surface area (Å²) in [6, 6.07) is 5.96. The van der Waals surface area contributed by atoms with Crippen LogP contribution >= 0.6 is 0 Å². The fourth-order valence-electron chi connectivity index (χ4n) is 2.87. The molecule has 2 heteroatoms. The van der Waals surface area contributed by atoms with E-state index < -0.39 is 0 Å². The third-order valence-electron chi connectivity index (χ3n) is 4.14. The highest BCUT2D eigenvalue weighted by atomic mass is 16.3. The summed E-state index contributed by atoms with van der Waals surface area (Å²) in [7, 11) is 0. The zero-order valence-electron chi connectivity index (χ0n) is 12.2. The molecule has 0 saturated carbocycles. The average Bonchev–Trinajstić information content (AvgIpc) is 2.43. The predicted octanol–water partition coefficient (Wildman–Crippen LogP) is 4.20. The molecule has 0 fully saturated rings. The molecule has 3 rings (SSSR count). The molecule has 2 aromatic rings. The number of allylic oxidation sites excluding steroid dienone is 2. The van der Waals surface area contributed by atoms with Crippen LogP contribution in [0.2, 0.25) is 0 Å². The molecular weight excluding hydrogens is 248 g/mol. The summed E-state index contributed by atoms with van der Waals surface area (Å²) in [5.74, 6) is 0.640. The highest BCUT2D eigenvalue weighted by Crippen LogP contribution is 2.42. The summed E-state index contributed by atoms with van der Waals surface area (Å²) in [4.78, 5) is 0. The third kappa shape index (κ3) is 1.87. The van der Waals surface area contributed by atoms with Crippen molar-refractivity contribution < 1.29 is 10.2 Å². The van der Waals surface area contributed by atoms with E-state index >= 15 is 0 Å². The first kappa shape index (κ1) is 13.0. The minimum absolute atomic E-state index is 0.0199. The van der Waals surface area contributed by atoms with Gasteiger partial charge in [0.1, 0.15) is 11.5 Å². The van der Waals surface area contributed by atoms with E-state index in [1.807, 2.05) is 30.4 Å². The molecule has 0 amide bonds. The summed E-state index contributed by atoms with van der Waals surface area (Å²) in [5, 5.41) is 22.5. The van der Waals surface area contributed by atoms with E-state index in [9.17, 15) is 10.2 Å². The minimum Gasteiger partial charge on any atom is -0.507 e. The van der Waals surface area contributed by atoms with Gasteiger partial charge in [-0.25, -0.2) is 0 Å². The van der Waals surface area contributed by atoms with Crippen LogP contribution in [0.1, 0.15) is 37.5 Å². The monoisotopic (exact) mass is 268 g/mol. The molecule has 0 aromatic heterocycles. The van der Waals surface area contributed by atoms with Crippen molar-refractivity contribution >= 4 is 10.8 Å². The van der Waals surface area contributed by atoms with Gasteiger partial charge in [-0.1, -0.05) is 45.1 Å². The Bertz CT molecular complexity index is 719. The molecule has 0 bridgehead atoms. The lowest BCUT2D eigenvalue weighted by atomic mass is 9.84. The molecule has 0 atom stereocenters. The van der Waals surface area contributed by atoms with Gasteiger partial charge in [-0.05, 0) is 29.9 Å². The van der Waals surface area contributed by atoms with Gasteiger partial charge in [0.05, 0.1) is 0 Å². The van der Waals surface area contributed by atoms with Crippen LogP contribution in [0.5, 0.6) is 11.5 Å². The lowest BCUT2D eigenvalue weighted by molar-refractivity contribution is 0.459. The minimum atomic E-state index is 0.0199. The van der Waals surface area contributed by atoms with E-state index in [1.165, 1.54) is 0 Å². The van der Waals surface area contributed by atoms with E-state index in [0.29, 0.717) is 24.3 Å². The molecule has 2 N–H and O–H groups in total. The predicted molar refractivity (Wildman–Crippen MR) is 82.5 cm³/mol. The van der Waals surface area contributed by atoms with Crippen molar-refractivity contribution in [1.29, 1.82) is 0 Å². The van der Waals surface area contributed by atoms with Crippen LogP contribution in [-0.4, -0.2) is 10.2 Å². The molecule has 2 aromatic carbocycles. The number of hydrogen-bond donors (Lipinski definition) is 2. The van der Waals surface area contributed by atoms with Crippen LogP contribution in [0.4, 0.5) is 0 Å². The van der Waals surface area contributed by atoms with Crippen molar-refractivity contribution in [2.75, 3.05) is 0 Å². The van der Waals surface area contributed by atoms with Gasteiger partial charge in [-0.2, -0.15) is 0 Å². The number of rotatable bonds is 0. The number of fused-ring (bicyclic) bond motifs is 2. The second kappa shape index (κ2) is 4.27. The maximum absolute atomic E-state index is 10.6. The van der Waals surface area contributed by atoms with Gasteiger partial charge in [0.15, 0.2) is 0 Å². The molecule has 0 saturated heterocycles. The molecule has 0 radical (unpaired) electrons. The van der Waals surface area contributed by atoms with Crippen LogP contribution in [0.15, 0.2) is 30.4 Å². The van der Waals surface area contributed by atoms with Crippen LogP contribution < -0.4 is 0 Å². The maximum Gasteiger partial charge on any atom is 0.127 e. The highest BCUT2D eigenvalue weighted by Gasteiger charge is 2.21. The van der Waals surface area contributed by atoms with E-state index in [-0.39, 0.29) is 5.41 Å². The van der Waals surface area contributed by atoms with Gasteiger partial charge in [-0.3, -0.25) is 0 Å². The fraction of sp³-hybridized carbons (Fsp3) is 0.333. The van der Waals surface area contributed by atoms with Crippen molar-refractivity contribution in [1.82, 2.24) is 0 Å². The second-order valence-corrected chi connectivity index (χ2v) is 6.54. The quantitative estimate of drug-likeness (QED) is 0.555. The van der Waals surface area contributed by atoms with Gasteiger partial charge in [-0.15, -0.1) is 0 Å². The average molecular weight is 268 g/mol. The van der Waals surface area contributed by atoms with E-state index in [4.69, 9.17) is 0 Å². The summed E-state index contributed by atoms with van der Waals surface area (Å²) >= 11 is 0. The summed E-state index contributed by atoms with van der Waals surface area (Å²) < 4.78 is 0. The third-order valence-corrected chi connectivity index (χ3v) is 4.14. The van der Waals surface area contributed by atoms with Crippen molar-refractivity contribution in [3.63, 3.8) is 0 Å². The standard InChI is InChI=1S/C18H20O2/c1-18(2,3)11-8-9-14-15(10-11)17(20)13-7-5-4-6-12(13)16(14)19/h4-5,8-10,19-20H,6-7H2,1-3H3. The van der Waals surface area contributed by atoms with Crippen LogP contribution in [-0.2, 0) is 18.3 Å². The largest absolute Gasteiger partial charge is 0.507 e. The molecule has 0 spiro atoms. The Morgan fingerprint density at radius 2 is 1.40 bits per heavy atom. The van der Waals surface area contributed by atoms with Gasteiger partial charge in [0, 0.05) is 21.9 Å². The number of phenolic OH excluding ortho intramolecular Hbond substituents is 2. The Morgan fingerprint density at radius 1 is 0.850 bits per heavy atom. The van der Waals surface area contributed by atoms with E-state index in [0.717, 1.165) is 27.5 Å². The molecular formula is C18H20O2. The lowest BCUT2D eigenvalue weighted by Gasteiger charge is -2.22. The van der Waals surface area contributed by atoms with E-state index in [1.54, 1.807) is 0 Å². The molecule has 0 heterocycles. The second-order valence-electron chi connectivity index (χ2n) is 6.54. The molecule has 0 unspecified atom stereocenters. The lowest BCUT2D eigenvalue weighted by Crippen LogP contribution is -2.10. The summed E-state index contributed by atoms with van der Waals surface area (Å²) in [6.45, 7) is 6.44. The first-order valence-electron chi connectivity index (χ1n) is 7.04. The maximum atomic E-state index is 10.6. The fourth-order valence-corrected chi connectivity index (χ4v) is 2.87. The van der Waals surface area contributed by atoms with Crippen molar-refractivity contribution in [2.24, 2.45) is 0 Å². The Morgan fingerprint density at radius 3 is 1.95 bits per heavy atom. The Kier molecular flexibility index (Phi) is 2.79. The van der Waals surface area contributed by atoms with Crippen LogP contribution in [0, 0.1) is 0 Å². The molecule has 0 aliphatic heterocycles. The Labute approximate surface area is 119 Å². The zero-order chi connectivity index (χ0) is 14.5. The van der Waals surface area contributed by atoms with E-state index in [2.05, 4.69) is 20.8 Å². The number of aromatic hydroxyl groups is 2. The van der Waals surface area contributed by atoms with Crippen LogP contribution in [0.25, 0.3) is 10.8 Å². The van der Waals surface area contributed by atoms with Crippen molar-refractivity contribution in [3.8, 4) is 11.5 Å². The normalized spacial score (nSPS) is 14.6. The zero-order valence-corrected chi connectivity index (χ0v) is 12.2. The summed E-state index contributed by atoms with van der Waals surface area (Å²) in [6.07, 6.45) is 5.45. The molecule has 1 aliphatic rings. The highest BCUT2D eigenvalue weighted by molar-refractivity contribution is 5.96. The van der Waals surface area contributed by atoms with Gasteiger partial charge < -0.3 is 10.2 Å². The first-order valence-corrected chi connectivity index (χ1v) is 7.04. The van der Waals surface area contributed by atoms with Crippen LogP contribution in [0.3, 0.4) is 0 Å². The van der Waals surface area contributed by atoms with Crippen molar-refractivity contribution in [2.45, 2.75) is 39.0 Å². The molecule has 1 aliphatic carbocycles. The molecule has 20 heavy (non-hydrogen) atoms.